The Labute approximate surface area is 75.1 Å². The van der Waals surface area contributed by atoms with Crippen molar-refractivity contribution in [3.8, 4) is 0 Å². The van der Waals surface area contributed by atoms with Crippen LogP contribution >= 0.6 is 0 Å². The topological polar surface area (TPSA) is 93.1 Å². The minimum absolute atomic E-state index is 0.0697. The zero-order valence-corrected chi connectivity index (χ0v) is 7.39. The molecule has 76 valence electrons. The molecule has 1 atom stereocenters. The van der Waals surface area contributed by atoms with Crippen LogP contribution in [0.25, 0.3) is 0 Å². The van der Waals surface area contributed by atoms with Crippen molar-refractivity contribution in [2.24, 2.45) is 0 Å². The van der Waals surface area contributed by atoms with Crippen molar-refractivity contribution in [2.75, 3.05) is 13.7 Å². The van der Waals surface area contributed by atoms with Gasteiger partial charge in [0, 0.05) is 7.11 Å². The molecule has 0 saturated heterocycles. The Balaban J connectivity index is 3.98. The number of ether oxygens (including phenoxy) is 2. The van der Waals surface area contributed by atoms with E-state index in [9.17, 15) is 9.59 Å². The van der Waals surface area contributed by atoms with E-state index in [1.54, 1.807) is 6.92 Å². The van der Waals surface area contributed by atoms with Crippen LogP contribution < -0.4 is 0 Å². The van der Waals surface area contributed by atoms with Gasteiger partial charge in [-0.05, 0) is 6.92 Å². The van der Waals surface area contributed by atoms with E-state index in [0.717, 1.165) is 0 Å². The molecule has 0 aliphatic heterocycles. The number of carboxylic acid groups (broad SMARTS) is 2. The third kappa shape index (κ3) is 4.44. The first-order valence-corrected chi connectivity index (χ1v) is 3.59. The number of aliphatic carboxylic acids is 2. The van der Waals surface area contributed by atoms with Gasteiger partial charge in [-0.3, -0.25) is 0 Å². The maximum atomic E-state index is 10.3. The maximum absolute atomic E-state index is 10.3. The first-order valence-electron chi connectivity index (χ1n) is 3.59. The van der Waals surface area contributed by atoms with Crippen LogP contribution in [0, 0.1) is 0 Å². The average Bonchev–Trinajstić information content (AvgIpc) is 2.03. The predicted molar refractivity (Wildman–Crippen MR) is 41.5 cm³/mol. The molecule has 0 aromatic carbocycles. The average molecular weight is 192 g/mol. The standard InChI is InChI=1S/C7H12O6/c1-4(12-2)3-13-5(6(8)9)7(10)11/h4-5H,3H2,1-2H3,(H,8,9)(H,10,11). The van der Waals surface area contributed by atoms with Crippen molar-refractivity contribution in [2.45, 2.75) is 19.1 Å². The lowest BCUT2D eigenvalue weighted by Gasteiger charge is -2.12. The second-order valence-electron chi connectivity index (χ2n) is 2.44. The van der Waals surface area contributed by atoms with Crippen LogP contribution in [0.4, 0.5) is 0 Å². The Morgan fingerprint density at radius 1 is 1.31 bits per heavy atom. The number of hydrogen-bond acceptors (Lipinski definition) is 4. The lowest BCUT2D eigenvalue weighted by atomic mass is 10.3. The molecule has 0 aliphatic rings. The van der Waals surface area contributed by atoms with Gasteiger partial charge in [-0.25, -0.2) is 9.59 Å². The Morgan fingerprint density at radius 3 is 2.08 bits per heavy atom. The van der Waals surface area contributed by atoms with E-state index in [1.165, 1.54) is 7.11 Å². The van der Waals surface area contributed by atoms with E-state index in [2.05, 4.69) is 4.74 Å². The fourth-order valence-electron chi connectivity index (χ4n) is 0.548. The smallest absolute Gasteiger partial charge is 0.344 e. The van der Waals surface area contributed by atoms with Gasteiger partial charge in [0.05, 0.1) is 12.7 Å². The van der Waals surface area contributed by atoms with Gasteiger partial charge >= 0.3 is 11.9 Å². The van der Waals surface area contributed by atoms with Gasteiger partial charge in [-0.1, -0.05) is 0 Å². The molecule has 0 aliphatic carbocycles. The molecule has 0 bridgehead atoms. The molecule has 0 rings (SSSR count). The SMILES string of the molecule is COC(C)COC(C(=O)O)C(=O)O. The fourth-order valence-corrected chi connectivity index (χ4v) is 0.548. The molecular weight excluding hydrogens is 180 g/mol. The highest BCUT2D eigenvalue weighted by molar-refractivity contribution is 5.95. The molecule has 6 heteroatoms. The number of methoxy groups -OCH3 is 1. The summed E-state index contributed by atoms with van der Waals surface area (Å²) in [4.78, 5) is 20.6. The molecule has 0 radical (unpaired) electrons. The van der Waals surface area contributed by atoms with Gasteiger partial charge in [0.15, 0.2) is 0 Å². The Kier molecular flexibility index (Phi) is 5.01. The van der Waals surface area contributed by atoms with Crippen LogP contribution in [0.2, 0.25) is 0 Å². The van der Waals surface area contributed by atoms with Crippen LogP contribution in [0.3, 0.4) is 0 Å². The summed E-state index contributed by atoms with van der Waals surface area (Å²) < 4.78 is 9.34. The molecule has 0 saturated carbocycles. The lowest BCUT2D eigenvalue weighted by Crippen LogP contribution is -2.34. The van der Waals surface area contributed by atoms with Crippen LogP contribution in [-0.2, 0) is 19.1 Å². The summed E-state index contributed by atoms with van der Waals surface area (Å²) in [6.07, 6.45) is -2.15. The number of rotatable bonds is 6. The summed E-state index contributed by atoms with van der Waals surface area (Å²) in [6, 6.07) is 0. The Bertz CT molecular complexity index is 175. The second kappa shape index (κ2) is 5.50. The molecule has 0 aromatic rings. The molecule has 0 heterocycles. The van der Waals surface area contributed by atoms with Crippen LogP contribution in [-0.4, -0.2) is 48.1 Å². The maximum Gasteiger partial charge on any atom is 0.344 e. The molecule has 13 heavy (non-hydrogen) atoms. The first kappa shape index (κ1) is 11.9. The zero-order chi connectivity index (χ0) is 10.4. The molecule has 0 amide bonds. The van der Waals surface area contributed by atoms with Crippen molar-refractivity contribution in [1.29, 1.82) is 0 Å². The third-order valence-electron chi connectivity index (χ3n) is 1.35. The normalized spacial score (nSPS) is 12.8. The highest BCUT2D eigenvalue weighted by atomic mass is 16.6. The van der Waals surface area contributed by atoms with Gasteiger partial charge in [-0.2, -0.15) is 0 Å². The van der Waals surface area contributed by atoms with E-state index >= 15 is 0 Å². The van der Waals surface area contributed by atoms with E-state index in [0.29, 0.717) is 0 Å². The largest absolute Gasteiger partial charge is 0.479 e. The molecule has 6 nitrogen and oxygen atoms in total. The van der Waals surface area contributed by atoms with Crippen molar-refractivity contribution in [1.82, 2.24) is 0 Å². The summed E-state index contributed by atoms with van der Waals surface area (Å²) in [7, 11) is 1.42. The van der Waals surface area contributed by atoms with Crippen molar-refractivity contribution < 1.29 is 29.3 Å². The number of hydrogen-bond donors (Lipinski definition) is 2. The van der Waals surface area contributed by atoms with Crippen LogP contribution in [0.1, 0.15) is 6.92 Å². The number of carboxylic acids is 2. The Hall–Kier alpha value is -1.14. The fraction of sp³-hybridized carbons (Fsp3) is 0.714. The summed E-state index contributed by atoms with van der Waals surface area (Å²) in [5, 5.41) is 16.8. The predicted octanol–water partition coefficient (Wildman–Crippen LogP) is -0.424. The second-order valence-corrected chi connectivity index (χ2v) is 2.44. The molecular formula is C7H12O6. The molecule has 0 spiro atoms. The minimum Gasteiger partial charge on any atom is -0.479 e. The summed E-state index contributed by atoms with van der Waals surface area (Å²) in [5.74, 6) is -3.04. The van der Waals surface area contributed by atoms with Crippen molar-refractivity contribution >= 4 is 11.9 Å². The lowest BCUT2D eigenvalue weighted by molar-refractivity contribution is -0.167. The summed E-state index contributed by atoms with van der Waals surface area (Å²) in [5.41, 5.74) is 0. The highest BCUT2D eigenvalue weighted by Gasteiger charge is 2.26. The van der Waals surface area contributed by atoms with Crippen LogP contribution in [0.5, 0.6) is 0 Å². The highest BCUT2D eigenvalue weighted by Crippen LogP contribution is 1.96. The van der Waals surface area contributed by atoms with E-state index in [4.69, 9.17) is 14.9 Å². The molecule has 1 unspecified atom stereocenters. The summed E-state index contributed by atoms with van der Waals surface area (Å²) in [6.45, 7) is 1.57. The molecule has 2 N–H and O–H groups in total. The van der Waals surface area contributed by atoms with Gasteiger partial charge < -0.3 is 19.7 Å². The van der Waals surface area contributed by atoms with Gasteiger partial charge in [0.2, 0.25) is 0 Å². The van der Waals surface area contributed by atoms with E-state index < -0.39 is 18.0 Å². The monoisotopic (exact) mass is 192 g/mol. The third-order valence-corrected chi connectivity index (χ3v) is 1.35. The van der Waals surface area contributed by atoms with Crippen LogP contribution in [0.15, 0.2) is 0 Å². The minimum atomic E-state index is -1.82. The molecule has 0 fully saturated rings. The van der Waals surface area contributed by atoms with E-state index in [-0.39, 0.29) is 12.7 Å². The van der Waals surface area contributed by atoms with Gasteiger partial charge in [0.1, 0.15) is 0 Å². The van der Waals surface area contributed by atoms with Crippen molar-refractivity contribution in [3.63, 3.8) is 0 Å². The van der Waals surface area contributed by atoms with E-state index in [1.807, 2.05) is 0 Å². The molecule has 0 aromatic heterocycles. The Morgan fingerprint density at radius 2 is 1.77 bits per heavy atom. The van der Waals surface area contributed by atoms with Gasteiger partial charge in [0.25, 0.3) is 6.10 Å². The number of carbonyl (C=O) groups is 2. The first-order chi connectivity index (χ1) is 5.99. The summed E-state index contributed by atoms with van der Waals surface area (Å²) >= 11 is 0. The quantitative estimate of drug-likeness (QED) is 0.555. The van der Waals surface area contributed by atoms with Gasteiger partial charge in [-0.15, -0.1) is 0 Å². The van der Waals surface area contributed by atoms with Crippen molar-refractivity contribution in [3.05, 3.63) is 0 Å². The zero-order valence-electron chi connectivity index (χ0n) is 7.39.